The van der Waals surface area contributed by atoms with Gasteiger partial charge in [-0.3, -0.25) is 9.59 Å². The molecule has 1 saturated heterocycles. The Hall–Kier alpha value is -1.57. The summed E-state index contributed by atoms with van der Waals surface area (Å²) in [6, 6.07) is 2.16. The second-order valence-corrected chi connectivity index (χ2v) is 4.98. The Morgan fingerprint density at radius 1 is 1.35 bits per heavy atom. The zero-order valence-corrected chi connectivity index (χ0v) is 9.69. The number of nitrogens with zero attached hydrogens (tertiary/aromatic N) is 2. The standard InChI is InChI=1S/C12H16N2O3/c13-8-12(4-1-2-5-12)11(17)14-6-3-9(7-14)10(15)16/h9H,1-7H2,(H,15,16)/t9-/m1/s1. The molecule has 2 fully saturated rings. The summed E-state index contributed by atoms with van der Waals surface area (Å²) in [5.41, 5.74) is -0.868. The molecule has 0 unspecified atom stereocenters. The molecular weight excluding hydrogens is 220 g/mol. The van der Waals surface area contributed by atoms with E-state index in [0.717, 1.165) is 12.8 Å². The van der Waals surface area contributed by atoms with E-state index in [2.05, 4.69) is 6.07 Å². The summed E-state index contributed by atoms with van der Waals surface area (Å²) in [6.07, 6.45) is 3.57. The highest BCUT2D eigenvalue weighted by atomic mass is 16.4. The lowest BCUT2D eigenvalue weighted by Crippen LogP contribution is -2.41. The molecule has 5 heteroatoms. The van der Waals surface area contributed by atoms with Gasteiger partial charge in [-0.05, 0) is 19.3 Å². The average molecular weight is 236 g/mol. The molecule has 17 heavy (non-hydrogen) atoms. The van der Waals surface area contributed by atoms with Gasteiger partial charge in [-0.1, -0.05) is 12.8 Å². The van der Waals surface area contributed by atoms with Gasteiger partial charge in [0.25, 0.3) is 0 Å². The maximum absolute atomic E-state index is 12.3. The molecule has 1 N–H and O–H groups in total. The molecule has 0 aromatic carbocycles. The van der Waals surface area contributed by atoms with Crippen molar-refractivity contribution in [3.63, 3.8) is 0 Å². The highest BCUT2D eigenvalue weighted by molar-refractivity contribution is 5.86. The normalized spacial score (nSPS) is 26.8. The van der Waals surface area contributed by atoms with Crippen LogP contribution < -0.4 is 0 Å². The van der Waals surface area contributed by atoms with Crippen LogP contribution in [0.4, 0.5) is 0 Å². The molecule has 0 aromatic rings. The summed E-state index contributed by atoms with van der Waals surface area (Å²) in [7, 11) is 0. The number of hydrogen-bond donors (Lipinski definition) is 1. The largest absolute Gasteiger partial charge is 0.481 e. The number of carboxylic acid groups (broad SMARTS) is 1. The van der Waals surface area contributed by atoms with Gasteiger partial charge >= 0.3 is 5.97 Å². The van der Waals surface area contributed by atoms with Crippen molar-refractivity contribution in [1.82, 2.24) is 4.90 Å². The minimum absolute atomic E-state index is 0.152. The van der Waals surface area contributed by atoms with Crippen LogP contribution in [0, 0.1) is 22.7 Å². The van der Waals surface area contributed by atoms with E-state index in [1.807, 2.05) is 0 Å². The van der Waals surface area contributed by atoms with Crippen molar-refractivity contribution in [2.24, 2.45) is 11.3 Å². The predicted molar refractivity (Wildman–Crippen MR) is 58.8 cm³/mol. The van der Waals surface area contributed by atoms with Crippen LogP contribution in [0.3, 0.4) is 0 Å². The number of hydrogen-bond acceptors (Lipinski definition) is 3. The molecule has 1 saturated carbocycles. The molecule has 2 rings (SSSR count). The smallest absolute Gasteiger partial charge is 0.308 e. The Kier molecular flexibility index (Phi) is 3.05. The third-order valence-corrected chi connectivity index (χ3v) is 3.91. The van der Waals surface area contributed by atoms with Crippen molar-refractivity contribution in [1.29, 1.82) is 5.26 Å². The summed E-state index contributed by atoms with van der Waals surface area (Å²) in [4.78, 5) is 24.7. The molecule has 5 nitrogen and oxygen atoms in total. The van der Waals surface area contributed by atoms with E-state index in [9.17, 15) is 14.9 Å². The fourth-order valence-electron chi connectivity index (χ4n) is 2.80. The zero-order valence-electron chi connectivity index (χ0n) is 9.69. The molecule has 1 aliphatic heterocycles. The maximum atomic E-state index is 12.3. The number of carboxylic acids is 1. The van der Waals surface area contributed by atoms with Crippen molar-refractivity contribution < 1.29 is 14.7 Å². The number of carbonyl (C=O) groups excluding carboxylic acids is 1. The first kappa shape index (κ1) is 11.9. The minimum atomic E-state index is -0.868. The molecule has 0 aromatic heterocycles. The SMILES string of the molecule is N#CC1(C(=O)N2CC[C@@H](C(=O)O)C2)CCCC1. The van der Waals surface area contributed by atoms with Crippen molar-refractivity contribution in [2.75, 3.05) is 13.1 Å². The molecule has 1 aliphatic carbocycles. The van der Waals surface area contributed by atoms with Crippen LogP contribution in [0.25, 0.3) is 0 Å². The Labute approximate surface area is 100 Å². The molecule has 1 heterocycles. The number of rotatable bonds is 2. The first-order chi connectivity index (χ1) is 8.09. The monoisotopic (exact) mass is 236 g/mol. The molecule has 1 atom stereocenters. The predicted octanol–water partition coefficient (Wildman–Crippen LogP) is 1.00. The van der Waals surface area contributed by atoms with Crippen LogP contribution in [0.15, 0.2) is 0 Å². The van der Waals surface area contributed by atoms with Crippen LogP contribution >= 0.6 is 0 Å². The fourth-order valence-corrected chi connectivity index (χ4v) is 2.80. The van der Waals surface area contributed by atoms with E-state index >= 15 is 0 Å². The second-order valence-electron chi connectivity index (χ2n) is 4.98. The van der Waals surface area contributed by atoms with Gasteiger partial charge in [-0.15, -0.1) is 0 Å². The van der Waals surface area contributed by atoms with Gasteiger partial charge in [-0.2, -0.15) is 5.26 Å². The molecule has 0 bridgehead atoms. The van der Waals surface area contributed by atoms with E-state index in [1.54, 1.807) is 4.90 Å². The first-order valence-electron chi connectivity index (χ1n) is 6.02. The van der Waals surface area contributed by atoms with Gasteiger partial charge in [0.15, 0.2) is 0 Å². The third-order valence-electron chi connectivity index (χ3n) is 3.91. The van der Waals surface area contributed by atoms with Gasteiger partial charge < -0.3 is 10.0 Å². The van der Waals surface area contributed by atoms with Crippen LogP contribution in [0.2, 0.25) is 0 Å². The molecule has 2 aliphatic rings. The maximum Gasteiger partial charge on any atom is 0.308 e. The first-order valence-corrected chi connectivity index (χ1v) is 6.02. The average Bonchev–Trinajstić information content (AvgIpc) is 2.98. The summed E-state index contributed by atoms with van der Waals surface area (Å²) in [6.45, 7) is 0.733. The topological polar surface area (TPSA) is 81.4 Å². The second kappa shape index (κ2) is 4.36. The van der Waals surface area contributed by atoms with Crippen LogP contribution in [-0.4, -0.2) is 35.0 Å². The minimum Gasteiger partial charge on any atom is -0.481 e. The molecule has 92 valence electrons. The van der Waals surface area contributed by atoms with Crippen LogP contribution in [0.5, 0.6) is 0 Å². The Bertz CT molecular complexity index is 380. The van der Waals surface area contributed by atoms with Crippen molar-refractivity contribution >= 4 is 11.9 Å². The number of carbonyl (C=O) groups is 2. The fraction of sp³-hybridized carbons (Fsp3) is 0.750. The molecule has 0 spiro atoms. The number of amides is 1. The van der Waals surface area contributed by atoms with Gasteiger partial charge in [0.05, 0.1) is 12.0 Å². The van der Waals surface area contributed by atoms with Crippen molar-refractivity contribution in [3.8, 4) is 6.07 Å². The Morgan fingerprint density at radius 3 is 2.47 bits per heavy atom. The summed E-state index contributed by atoms with van der Waals surface area (Å²) in [5, 5.41) is 18.1. The molecular formula is C12H16N2O3. The third kappa shape index (κ3) is 1.99. The highest BCUT2D eigenvalue weighted by Crippen LogP contribution is 2.40. The van der Waals surface area contributed by atoms with Crippen molar-refractivity contribution in [3.05, 3.63) is 0 Å². The van der Waals surface area contributed by atoms with E-state index in [4.69, 9.17) is 5.11 Å². The van der Waals surface area contributed by atoms with E-state index in [-0.39, 0.29) is 12.5 Å². The summed E-state index contributed by atoms with van der Waals surface area (Å²) in [5.74, 6) is -1.46. The van der Waals surface area contributed by atoms with Crippen LogP contribution in [-0.2, 0) is 9.59 Å². The Morgan fingerprint density at radius 2 is 2.00 bits per heavy atom. The zero-order chi connectivity index (χ0) is 12.5. The lowest BCUT2D eigenvalue weighted by molar-refractivity contribution is -0.142. The summed E-state index contributed by atoms with van der Waals surface area (Å²) >= 11 is 0. The van der Waals surface area contributed by atoms with Gasteiger partial charge in [-0.25, -0.2) is 0 Å². The van der Waals surface area contributed by atoms with Gasteiger partial charge in [0.2, 0.25) is 5.91 Å². The highest BCUT2D eigenvalue weighted by Gasteiger charge is 2.46. The number of nitriles is 1. The lowest BCUT2D eigenvalue weighted by Gasteiger charge is -2.26. The van der Waals surface area contributed by atoms with E-state index < -0.39 is 17.3 Å². The molecule has 0 radical (unpaired) electrons. The van der Waals surface area contributed by atoms with Gasteiger partial charge in [0.1, 0.15) is 5.41 Å². The Balaban J connectivity index is 2.06. The summed E-state index contributed by atoms with van der Waals surface area (Å²) < 4.78 is 0. The van der Waals surface area contributed by atoms with E-state index in [1.165, 1.54) is 0 Å². The quantitative estimate of drug-likeness (QED) is 0.775. The van der Waals surface area contributed by atoms with Gasteiger partial charge in [0, 0.05) is 13.1 Å². The van der Waals surface area contributed by atoms with Crippen molar-refractivity contribution in [2.45, 2.75) is 32.1 Å². The number of likely N-dealkylation sites (tertiary alicyclic amines) is 1. The molecule has 1 amide bonds. The lowest BCUT2D eigenvalue weighted by atomic mass is 9.86. The number of aliphatic carboxylic acids is 1. The van der Waals surface area contributed by atoms with E-state index in [0.29, 0.717) is 25.8 Å². The van der Waals surface area contributed by atoms with Crippen LogP contribution in [0.1, 0.15) is 32.1 Å².